The standard InChI is InChI=1S/C29H22F3N3O2/c30-29(31,32)22-13-11-21(12-14-22)27-26(20-7-3-1-4-8-20)19-35(34-27)28(36)33-23-15-17-25(18-16-23)37-24-9-5-2-6-10-24/h1-18,34H,19H2,(H,33,36). The fourth-order valence-electron chi connectivity index (χ4n) is 3.96. The minimum absolute atomic E-state index is 0.224. The van der Waals surface area contributed by atoms with E-state index in [1.54, 1.807) is 24.3 Å². The van der Waals surface area contributed by atoms with Crippen LogP contribution < -0.4 is 15.5 Å². The molecule has 4 aromatic carbocycles. The highest BCUT2D eigenvalue weighted by Gasteiger charge is 2.31. The first-order chi connectivity index (χ1) is 17.9. The van der Waals surface area contributed by atoms with Crippen LogP contribution in [0.4, 0.5) is 23.7 Å². The third-order valence-corrected chi connectivity index (χ3v) is 5.82. The van der Waals surface area contributed by atoms with E-state index in [-0.39, 0.29) is 6.54 Å². The topological polar surface area (TPSA) is 53.6 Å². The minimum atomic E-state index is -4.42. The highest BCUT2D eigenvalue weighted by Crippen LogP contribution is 2.34. The number of alkyl halides is 3. The number of benzene rings is 4. The Morgan fingerprint density at radius 3 is 1.97 bits per heavy atom. The molecule has 1 aliphatic heterocycles. The Kier molecular flexibility index (Phi) is 6.55. The number of amides is 2. The maximum absolute atomic E-state index is 13.1. The molecular formula is C29H22F3N3O2. The summed E-state index contributed by atoms with van der Waals surface area (Å²) in [7, 11) is 0. The zero-order valence-corrected chi connectivity index (χ0v) is 19.5. The van der Waals surface area contributed by atoms with Crippen molar-refractivity contribution in [2.45, 2.75) is 6.18 Å². The number of nitrogens with zero attached hydrogens (tertiary/aromatic N) is 1. The average Bonchev–Trinajstić information content (AvgIpc) is 3.36. The van der Waals surface area contributed by atoms with Gasteiger partial charge in [0.25, 0.3) is 0 Å². The van der Waals surface area contributed by atoms with E-state index in [0.29, 0.717) is 28.4 Å². The third kappa shape index (κ3) is 5.59. The minimum Gasteiger partial charge on any atom is -0.457 e. The van der Waals surface area contributed by atoms with Gasteiger partial charge in [0, 0.05) is 11.3 Å². The van der Waals surface area contributed by atoms with Crippen LogP contribution in [0.5, 0.6) is 11.5 Å². The molecule has 4 aromatic rings. The van der Waals surface area contributed by atoms with Gasteiger partial charge in [-0.25, -0.2) is 9.80 Å². The number of hydrogen-bond donors (Lipinski definition) is 2. The van der Waals surface area contributed by atoms with Gasteiger partial charge in [0.2, 0.25) is 0 Å². The number of ether oxygens (including phenoxy) is 1. The van der Waals surface area contributed by atoms with Gasteiger partial charge in [0.1, 0.15) is 11.5 Å². The largest absolute Gasteiger partial charge is 0.457 e. The number of hydrogen-bond acceptors (Lipinski definition) is 3. The van der Waals surface area contributed by atoms with Crippen molar-refractivity contribution in [1.82, 2.24) is 10.4 Å². The van der Waals surface area contributed by atoms with Gasteiger partial charge in [-0.05, 0) is 59.7 Å². The predicted octanol–water partition coefficient (Wildman–Crippen LogP) is 7.42. The second-order valence-corrected chi connectivity index (χ2v) is 8.36. The van der Waals surface area contributed by atoms with E-state index in [9.17, 15) is 18.0 Å². The molecule has 37 heavy (non-hydrogen) atoms. The third-order valence-electron chi connectivity index (χ3n) is 5.82. The van der Waals surface area contributed by atoms with Crippen LogP contribution in [-0.4, -0.2) is 17.6 Å². The van der Waals surface area contributed by atoms with Gasteiger partial charge in [0.15, 0.2) is 0 Å². The summed E-state index contributed by atoms with van der Waals surface area (Å²) in [5.41, 5.74) is 5.68. The predicted molar refractivity (Wildman–Crippen MR) is 137 cm³/mol. The summed E-state index contributed by atoms with van der Waals surface area (Å²) in [5.74, 6) is 1.33. The van der Waals surface area contributed by atoms with Crippen molar-refractivity contribution in [2.75, 3.05) is 11.9 Å². The summed E-state index contributed by atoms with van der Waals surface area (Å²) >= 11 is 0. The van der Waals surface area contributed by atoms with Crippen LogP contribution >= 0.6 is 0 Å². The summed E-state index contributed by atoms with van der Waals surface area (Å²) in [5, 5.41) is 4.23. The van der Waals surface area contributed by atoms with Crippen LogP contribution in [-0.2, 0) is 6.18 Å². The number of rotatable bonds is 5. The second-order valence-electron chi connectivity index (χ2n) is 8.36. The van der Waals surface area contributed by atoms with Crippen LogP contribution in [0.2, 0.25) is 0 Å². The molecule has 5 rings (SSSR count). The van der Waals surface area contributed by atoms with Gasteiger partial charge in [0.05, 0.1) is 17.8 Å². The van der Waals surface area contributed by atoms with Crippen LogP contribution in [0.15, 0.2) is 109 Å². The number of anilines is 1. The Bertz CT molecular complexity index is 1400. The molecule has 2 amide bonds. The van der Waals surface area contributed by atoms with Gasteiger partial charge < -0.3 is 10.1 Å². The van der Waals surface area contributed by atoms with Crippen LogP contribution in [0.3, 0.4) is 0 Å². The first-order valence-corrected chi connectivity index (χ1v) is 11.5. The van der Waals surface area contributed by atoms with E-state index in [1.165, 1.54) is 17.1 Å². The van der Waals surface area contributed by atoms with Crippen molar-refractivity contribution in [1.29, 1.82) is 0 Å². The first kappa shape index (κ1) is 24.0. The van der Waals surface area contributed by atoms with Crippen molar-refractivity contribution >= 4 is 23.0 Å². The molecule has 1 heterocycles. The monoisotopic (exact) mass is 501 g/mol. The molecule has 0 saturated carbocycles. The van der Waals surface area contributed by atoms with Gasteiger partial charge in [-0.3, -0.25) is 5.43 Å². The number of urea groups is 1. The summed E-state index contributed by atoms with van der Waals surface area (Å²) in [4.78, 5) is 13.1. The molecule has 0 unspecified atom stereocenters. The van der Waals surface area contributed by atoms with Crippen molar-refractivity contribution in [3.05, 3.63) is 126 Å². The second kappa shape index (κ2) is 10.1. The Morgan fingerprint density at radius 2 is 1.35 bits per heavy atom. The highest BCUT2D eigenvalue weighted by molar-refractivity contribution is 5.98. The molecule has 5 nitrogen and oxygen atoms in total. The molecule has 0 radical (unpaired) electrons. The molecule has 0 aliphatic carbocycles. The molecule has 0 fully saturated rings. The fraction of sp³-hybridized carbons (Fsp3) is 0.0690. The van der Waals surface area contributed by atoms with Crippen LogP contribution in [0.1, 0.15) is 16.7 Å². The van der Waals surface area contributed by atoms with Gasteiger partial charge in [-0.15, -0.1) is 0 Å². The van der Waals surface area contributed by atoms with Crippen molar-refractivity contribution in [3.8, 4) is 11.5 Å². The van der Waals surface area contributed by atoms with E-state index < -0.39 is 17.8 Å². The molecule has 0 aromatic heterocycles. The molecule has 0 saturated heterocycles. The average molecular weight is 502 g/mol. The van der Waals surface area contributed by atoms with Crippen LogP contribution in [0.25, 0.3) is 11.3 Å². The van der Waals surface area contributed by atoms with E-state index in [4.69, 9.17) is 4.74 Å². The summed E-state index contributed by atoms with van der Waals surface area (Å²) in [6.45, 7) is 0.224. The zero-order valence-electron chi connectivity index (χ0n) is 19.5. The molecule has 8 heteroatoms. The van der Waals surface area contributed by atoms with E-state index >= 15 is 0 Å². The lowest BCUT2D eigenvalue weighted by Crippen LogP contribution is -2.40. The Labute approximate surface area is 211 Å². The number of carbonyl (C=O) groups is 1. The first-order valence-electron chi connectivity index (χ1n) is 11.5. The van der Waals surface area contributed by atoms with Crippen molar-refractivity contribution in [2.24, 2.45) is 0 Å². The lowest BCUT2D eigenvalue weighted by atomic mass is 10.00. The van der Waals surface area contributed by atoms with Gasteiger partial charge in [-0.2, -0.15) is 13.2 Å². The van der Waals surface area contributed by atoms with Crippen molar-refractivity contribution < 1.29 is 22.7 Å². The number of nitrogens with one attached hydrogen (secondary N) is 2. The van der Waals surface area contributed by atoms with Gasteiger partial charge >= 0.3 is 12.2 Å². The Hall–Kier alpha value is -4.72. The van der Waals surface area contributed by atoms with E-state index in [0.717, 1.165) is 23.3 Å². The van der Waals surface area contributed by atoms with Crippen molar-refractivity contribution in [3.63, 3.8) is 0 Å². The molecule has 1 aliphatic rings. The van der Waals surface area contributed by atoms with E-state index in [1.807, 2.05) is 60.7 Å². The normalized spacial score (nSPS) is 13.3. The lowest BCUT2D eigenvalue weighted by Gasteiger charge is -2.19. The Morgan fingerprint density at radius 1 is 0.757 bits per heavy atom. The molecule has 0 atom stereocenters. The lowest BCUT2D eigenvalue weighted by molar-refractivity contribution is -0.137. The zero-order chi connectivity index (χ0) is 25.8. The maximum atomic E-state index is 13.1. The fourth-order valence-corrected chi connectivity index (χ4v) is 3.96. The quantitative estimate of drug-likeness (QED) is 0.299. The summed E-state index contributed by atoms with van der Waals surface area (Å²) in [6, 6.07) is 30.2. The SMILES string of the molecule is O=C(Nc1ccc(Oc2ccccc2)cc1)N1CC(c2ccccc2)=C(c2ccc(C(F)(F)F)cc2)N1. The summed E-state index contributed by atoms with van der Waals surface area (Å²) < 4.78 is 44.9. The number of para-hydroxylation sites is 1. The van der Waals surface area contributed by atoms with Gasteiger partial charge in [-0.1, -0.05) is 60.7 Å². The molecule has 0 bridgehead atoms. The molecular weight excluding hydrogens is 479 g/mol. The molecule has 186 valence electrons. The number of halogens is 3. The maximum Gasteiger partial charge on any atom is 0.416 e. The number of carbonyl (C=O) groups excluding carboxylic acids is 1. The smallest absolute Gasteiger partial charge is 0.416 e. The number of hydrazine groups is 1. The molecule has 2 N–H and O–H groups in total. The summed E-state index contributed by atoms with van der Waals surface area (Å²) in [6.07, 6.45) is -4.42. The van der Waals surface area contributed by atoms with Crippen LogP contribution in [0, 0.1) is 0 Å². The highest BCUT2D eigenvalue weighted by atomic mass is 19.4. The Balaban J connectivity index is 1.32. The van der Waals surface area contributed by atoms with E-state index in [2.05, 4.69) is 10.7 Å². The molecule has 0 spiro atoms.